The smallest absolute Gasteiger partial charge is 0.339 e. The summed E-state index contributed by atoms with van der Waals surface area (Å²) in [6.45, 7) is -0.549. The number of esters is 1. The molecule has 0 radical (unpaired) electrons. The summed E-state index contributed by atoms with van der Waals surface area (Å²) >= 11 is 17.6. The number of carbonyl (C=O) groups is 3. The highest BCUT2D eigenvalue weighted by Gasteiger charge is 2.20. The molecular weight excluding hydrogens is 449 g/mol. The van der Waals surface area contributed by atoms with Crippen molar-refractivity contribution in [2.75, 3.05) is 11.9 Å². The average Bonchev–Trinajstić information content (AvgIpc) is 2.71. The molecule has 3 aromatic rings. The Labute approximate surface area is 187 Å². The molecule has 5 nitrogen and oxygen atoms in total. The molecule has 8 heteroatoms. The van der Waals surface area contributed by atoms with E-state index in [1.165, 1.54) is 30.3 Å². The Bertz CT molecular complexity index is 1090. The quantitative estimate of drug-likeness (QED) is 0.378. The fourth-order valence-corrected chi connectivity index (χ4v) is 3.30. The Kier molecular flexibility index (Phi) is 7.11. The molecule has 0 heterocycles. The van der Waals surface area contributed by atoms with E-state index in [2.05, 4.69) is 5.32 Å². The van der Waals surface area contributed by atoms with Crippen molar-refractivity contribution in [1.29, 1.82) is 0 Å². The van der Waals surface area contributed by atoms with Gasteiger partial charge in [0.2, 0.25) is 0 Å². The molecule has 0 saturated carbocycles. The van der Waals surface area contributed by atoms with Crippen LogP contribution < -0.4 is 5.32 Å². The van der Waals surface area contributed by atoms with Crippen LogP contribution in [0.3, 0.4) is 0 Å². The number of hydrogen-bond acceptors (Lipinski definition) is 4. The predicted octanol–water partition coefficient (Wildman–Crippen LogP) is 5.67. The minimum absolute atomic E-state index is 0.0519. The van der Waals surface area contributed by atoms with Gasteiger partial charge in [0, 0.05) is 31.9 Å². The zero-order chi connectivity index (χ0) is 21.7. The molecule has 0 bridgehead atoms. The predicted molar refractivity (Wildman–Crippen MR) is 117 cm³/mol. The van der Waals surface area contributed by atoms with Gasteiger partial charge in [0.15, 0.2) is 12.4 Å². The standard InChI is InChI=1S/C22H14Cl3NO4/c23-14-7-5-13(6-8-14)21(28)18-3-1-2-4-19(18)22(29)30-12-20(27)26-17-10-15(24)9-16(25)11-17/h1-11H,12H2,(H,26,27). The van der Waals surface area contributed by atoms with Gasteiger partial charge in [-0.1, -0.05) is 53.0 Å². The van der Waals surface area contributed by atoms with Crippen LogP contribution in [0.5, 0.6) is 0 Å². The summed E-state index contributed by atoms with van der Waals surface area (Å²) in [6.07, 6.45) is 0. The van der Waals surface area contributed by atoms with Gasteiger partial charge in [-0.3, -0.25) is 9.59 Å². The van der Waals surface area contributed by atoms with Crippen molar-refractivity contribution in [2.24, 2.45) is 0 Å². The van der Waals surface area contributed by atoms with Crippen LogP contribution in [0.15, 0.2) is 66.7 Å². The number of nitrogens with one attached hydrogen (secondary N) is 1. The van der Waals surface area contributed by atoms with Gasteiger partial charge in [-0.05, 0) is 48.5 Å². The Morgan fingerprint density at radius 2 is 1.37 bits per heavy atom. The van der Waals surface area contributed by atoms with E-state index >= 15 is 0 Å². The van der Waals surface area contributed by atoms with E-state index in [4.69, 9.17) is 39.5 Å². The van der Waals surface area contributed by atoms with E-state index in [0.717, 1.165) is 0 Å². The zero-order valence-electron chi connectivity index (χ0n) is 15.3. The van der Waals surface area contributed by atoms with Gasteiger partial charge in [0.05, 0.1) is 5.56 Å². The molecule has 3 rings (SSSR count). The molecule has 0 saturated heterocycles. The molecule has 1 amide bonds. The second kappa shape index (κ2) is 9.76. The highest BCUT2D eigenvalue weighted by atomic mass is 35.5. The minimum Gasteiger partial charge on any atom is -0.452 e. The van der Waals surface area contributed by atoms with Gasteiger partial charge >= 0.3 is 5.97 Å². The van der Waals surface area contributed by atoms with Crippen LogP contribution in [-0.4, -0.2) is 24.3 Å². The fourth-order valence-electron chi connectivity index (χ4n) is 2.65. The number of halogens is 3. The van der Waals surface area contributed by atoms with E-state index in [9.17, 15) is 14.4 Å². The number of carbonyl (C=O) groups excluding carboxylic acids is 3. The Morgan fingerprint density at radius 1 is 0.767 bits per heavy atom. The highest BCUT2D eigenvalue weighted by molar-refractivity contribution is 6.35. The third-order valence-corrected chi connectivity index (χ3v) is 4.67. The summed E-state index contributed by atoms with van der Waals surface area (Å²) in [5, 5.41) is 3.73. The van der Waals surface area contributed by atoms with E-state index in [1.54, 1.807) is 36.4 Å². The van der Waals surface area contributed by atoms with Crippen LogP contribution in [0.4, 0.5) is 5.69 Å². The number of benzene rings is 3. The SMILES string of the molecule is O=C(COC(=O)c1ccccc1C(=O)c1ccc(Cl)cc1)Nc1cc(Cl)cc(Cl)c1. The first kappa shape index (κ1) is 21.8. The van der Waals surface area contributed by atoms with Crippen molar-refractivity contribution in [3.05, 3.63) is 98.5 Å². The number of rotatable bonds is 6. The van der Waals surface area contributed by atoms with Crippen LogP contribution >= 0.6 is 34.8 Å². The molecule has 152 valence electrons. The number of anilines is 1. The Balaban J connectivity index is 1.69. The third-order valence-electron chi connectivity index (χ3n) is 3.98. The van der Waals surface area contributed by atoms with Crippen LogP contribution in [-0.2, 0) is 9.53 Å². The molecule has 0 unspecified atom stereocenters. The summed E-state index contributed by atoms with van der Waals surface area (Å²) in [4.78, 5) is 37.4. The molecule has 1 N–H and O–H groups in total. The van der Waals surface area contributed by atoms with E-state index in [-0.39, 0.29) is 16.9 Å². The Morgan fingerprint density at radius 3 is 2.00 bits per heavy atom. The summed E-state index contributed by atoms with van der Waals surface area (Å²) < 4.78 is 5.08. The molecule has 0 aromatic heterocycles. The second-order valence-corrected chi connectivity index (χ2v) is 7.47. The number of ether oxygens (including phenoxy) is 1. The molecule has 0 spiro atoms. The topological polar surface area (TPSA) is 72.5 Å². The van der Waals surface area contributed by atoms with Gasteiger partial charge in [0.1, 0.15) is 0 Å². The molecule has 0 aliphatic carbocycles. The first-order chi connectivity index (χ1) is 14.3. The van der Waals surface area contributed by atoms with Gasteiger partial charge in [0.25, 0.3) is 5.91 Å². The van der Waals surface area contributed by atoms with Crippen LogP contribution in [0.25, 0.3) is 0 Å². The summed E-state index contributed by atoms with van der Waals surface area (Å²) in [6, 6.07) is 17.0. The zero-order valence-corrected chi connectivity index (χ0v) is 17.6. The van der Waals surface area contributed by atoms with Gasteiger partial charge in [-0.15, -0.1) is 0 Å². The first-order valence-electron chi connectivity index (χ1n) is 8.66. The summed E-state index contributed by atoms with van der Waals surface area (Å²) in [7, 11) is 0. The van der Waals surface area contributed by atoms with Gasteiger partial charge in [-0.25, -0.2) is 4.79 Å². The van der Waals surface area contributed by atoms with E-state index in [0.29, 0.717) is 26.3 Å². The van der Waals surface area contributed by atoms with Crippen molar-refractivity contribution in [2.45, 2.75) is 0 Å². The molecule has 0 atom stereocenters. The maximum absolute atomic E-state index is 12.8. The lowest BCUT2D eigenvalue weighted by molar-refractivity contribution is -0.119. The van der Waals surface area contributed by atoms with Crippen molar-refractivity contribution < 1.29 is 19.1 Å². The number of ketones is 1. The van der Waals surface area contributed by atoms with Crippen LogP contribution in [0.2, 0.25) is 15.1 Å². The van der Waals surface area contributed by atoms with Gasteiger partial charge < -0.3 is 10.1 Å². The van der Waals surface area contributed by atoms with Crippen molar-refractivity contribution in [3.63, 3.8) is 0 Å². The normalized spacial score (nSPS) is 10.4. The fraction of sp³-hybridized carbons (Fsp3) is 0.0455. The molecule has 30 heavy (non-hydrogen) atoms. The summed E-state index contributed by atoms with van der Waals surface area (Å²) in [5.74, 6) is -1.74. The minimum atomic E-state index is -0.799. The number of hydrogen-bond donors (Lipinski definition) is 1. The van der Waals surface area contributed by atoms with E-state index in [1.807, 2.05) is 0 Å². The average molecular weight is 463 g/mol. The monoisotopic (exact) mass is 461 g/mol. The lowest BCUT2D eigenvalue weighted by Gasteiger charge is -2.10. The van der Waals surface area contributed by atoms with Crippen molar-refractivity contribution in [1.82, 2.24) is 0 Å². The second-order valence-electron chi connectivity index (χ2n) is 6.16. The van der Waals surface area contributed by atoms with Crippen molar-refractivity contribution in [3.8, 4) is 0 Å². The highest BCUT2D eigenvalue weighted by Crippen LogP contribution is 2.22. The molecule has 0 aliphatic heterocycles. The number of amides is 1. The maximum atomic E-state index is 12.8. The van der Waals surface area contributed by atoms with E-state index < -0.39 is 18.5 Å². The lowest BCUT2D eigenvalue weighted by atomic mass is 9.98. The van der Waals surface area contributed by atoms with Gasteiger partial charge in [-0.2, -0.15) is 0 Å². The third kappa shape index (κ3) is 5.60. The lowest BCUT2D eigenvalue weighted by Crippen LogP contribution is -2.22. The molecule has 3 aromatic carbocycles. The van der Waals surface area contributed by atoms with Crippen molar-refractivity contribution >= 4 is 58.1 Å². The molecular formula is C22H14Cl3NO4. The first-order valence-corrected chi connectivity index (χ1v) is 9.79. The van der Waals surface area contributed by atoms with Crippen LogP contribution in [0.1, 0.15) is 26.3 Å². The summed E-state index contributed by atoms with van der Waals surface area (Å²) in [5.41, 5.74) is 0.949. The Hall–Kier alpha value is -2.86. The van der Waals surface area contributed by atoms with Crippen LogP contribution in [0, 0.1) is 0 Å². The largest absolute Gasteiger partial charge is 0.452 e. The molecule has 0 fully saturated rings. The maximum Gasteiger partial charge on any atom is 0.339 e. The molecule has 0 aliphatic rings.